The Morgan fingerprint density at radius 2 is 2.00 bits per heavy atom. The predicted molar refractivity (Wildman–Crippen MR) is 78.2 cm³/mol. The molecule has 0 aliphatic heterocycles. The molecule has 0 bridgehead atoms. The Morgan fingerprint density at radius 3 is 2.68 bits per heavy atom. The summed E-state index contributed by atoms with van der Waals surface area (Å²) in [6, 6.07) is 11.7. The Hall–Kier alpha value is -1.61. The normalized spacial score (nSPS) is 21.2. The van der Waals surface area contributed by atoms with Gasteiger partial charge in [-0.2, -0.15) is 0 Å². The van der Waals surface area contributed by atoms with Crippen molar-refractivity contribution in [2.24, 2.45) is 11.8 Å². The summed E-state index contributed by atoms with van der Waals surface area (Å²) in [5, 5.41) is 3.82. The van der Waals surface area contributed by atoms with Crippen molar-refractivity contribution in [3.8, 4) is 11.4 Å². The van der Waals surface area contributed by atoms with Crippen molar-refractivity contribution in [2.75, 3.05) is 11.9 Å². The van der Waals surface area contributed by atoms with Gasteiger partial charge in [0.2, 0.25) is 0 Å². The quantitative estimate of drug-likeness (QED) is 0.860. The van der Waals surface area contributed by atoms with Crippen LogP contribution in [0.1, 0.15) is 13.3 Å². The average Bonchev–Trinajstić information content (AvgIpc) is 3.13. The number of anilines is 1. The van der Waals surface area contributed by atoms with Gasteiger partial charge in [0.05, 0.1) is 0 Å². The third-order valence-electron chi connectivity index (χ3n) is 3.55. The van der Waals surface area contributed by atoms with Gasteiger partial charge < -0.3 is 5.32 Å². The van der Waals surface area contributed by atoms with Crippen LogP contribution in [0.2, 0.25) is 5.15 Å². The van der Waals surface area contributed by atoms with E-state index in [0.29, 0.717) is 11.0 Å². The minimum absolute atomic E-state index is 0.472. The Labute approximate surface area is 118 Å². The highest BCUT2D eigenvalue weighted by Crippen LogP contribution is 2.37. The number of benzene rings is 1. The van der Waals surface area contributed by atoms with Gasteiger partial charge in [0.25, 0.3) is 0 Å². The third kappa shape index (κ3) is 3.04. The molecule has 1 aliphatic rings. The lowest BCUT2D eigenvalue weighted by atomic mass is 10.2. The van der Waals surface area contributed by atoms with Crippen LogP contribution in [0.4, 0.5) is 5.82 Å². The van der Waals surface area contributed by atoms with E-state index >= 15 is 0 Å². The highest BCUT2D eigenvalue weighted by atomic mass is 35.5. The number of hydrogen-bond donors (Lipinski definition) is 1. The molecule has 19 heavy (non-hydrogen) atoms. The van der Waals surface area contributed by atoms with E-state index in [1.165, 1.54) is 6.42 Å². The van der Waals surface area contributed by atoms with Crippen LogP contribution in [0.5, 0.6) is 0 Å². The molecule has 0 spiro atoms. The molecule has 3 nitrogen and oxygen atoms in total. The van der Waals surface area contributed by atoms with E-state index in [2.05, 4.69) is 22.2 Å². The zero-order valence-electron chi connectivity index (χ0n) is 10.8. The Morgan fingerprint density at radius 1 is 1.26 bits per heavy atom. The van der Waals surface area contributed by atoms with Gasteiger partial charge in [-0.1, -0.05) is 48.9 Å². The molecule has 0 saturated heterocycles. The van der Waals surface area contributed by atoms with Crippen LogP contribution in [-0.2, 0) is 0 Å². The highest BCUT2D eigenvalue weighted by molar-refractivity contribution is 6.29. The lowest BCUT2D eigenvalue weighted by Gasteiger charge is -2.07. The molecule has 1 aromatic heterocycles. The third-order valence-corrected chi connectivity index (χ3v) is 3.74. The van der Waals surface area contributed by atoms with Crippen LogP contribution in [0, 0.1) is 11.8 Å². The number of hydrogen-bond acceptors (Lipinski definition) is 3. The van der Waals surface area contributed by atoms with Gasteiger partial charge in [-0.3, -0.25) is 0 Å². The fraction of sp³-hybridized carbons (Fsp3) is 0.333. The van der Waals surface area contributed by atoms with Gasteiger partial charge in [-0.25, -0.2) is 9.97 Å². The van der Waals surface area contributed by atoms with Crippen LogP contribution in [0.25, 0.3) is 11.4 Å². The van der Waals surface area contributed by atoms with E-state index in [0.717, 1.165) is 29.8 Å². The van der Waals surface area contributed by atoms with Crippen LogP contribution in [0.15, 0.2) is 36.4 Å². The van der Waals surface area contributed by atoms with E-state index in [4.69, 9.17) is 11.6 Å². The molecule has 0 radical (unpaired) electrons. The summed E-state index contributed by atoms with van der Waals surface area (Å²) in [6.45, 7) is 3.23. The summed E-state index contributed by atoms with van der Waals surface area (Å²) in [5.74, 6) is 3.07. The maximum Gasteiger partial charge on any atom is 0.163 e. The molecule has 1 aliphatic carbocycles. The van der Waals surface area contributed by atoms with Crippen LogP contribution in [0.3, 0.4) is 0 Å². The molecule has 98 valence electrons. The Bertz CT molecular complexity index is 571. The second kappa shape index (κ2) is 5.17. The van der Waals surface area contributed by atoms with Crippen molar-refractivity contribution in [1.29, 1.82) is 0 Å². The summed E-state index contributed by atoms with van der Waals surface area (Å²) in [4.78, 5) is 8.80. The topological polar surface area (TPSA) is 37.8 Å². The van der Waals surface area contributed by atoms with Gasteiger partial charge in [-0.05, 0) is 18.3 Å². The number of nitrogens with zero attached hydrogens (tertiary/aromatic N) is 2. The van der Waals surface area contributed by atoms with Gasteiger partial charge in [0, 0.05) is 18.2 Å². The molecule has 0 amide bonds. The number of aromatic nitrogens is 2. The monoisotopic (exact) mass is 273 g/mol. The van der Waals surface area contributed by atoms with Crippen LogP contribution < -0.4 is 5.32 Å². The van der Waals surface area contributed by atoms with Crippen LogP contribution in [-0.4, -0.2) is 16.5 Å². The van der Waals surface area contributed by atoms with Crippen molar-refractivity contribution in [3.63, 3.8) is 0 Å². The fourth-order valence-corrected chi connectivity index (χ4v) is 2.33. The summed E-state index contributed by atoms with van der Waals surface area (Å²) in [6.07, 6.45) is 1.30. The molecule has 1 saturated carbocycles. The lowest BCUT2D eigenvalue weighted by Crippen LogP contribution is -2.07. The second-order valence-electron chi connectivity index (χ2n) is 5.12. The molecule has 1 heterocycles. The van der Waals surface area contributed by atoms with Crippen molar-refractivity contribution in [2.45, 2.75) is 13.3 Å². The van der Waals surface area contributed by atoms with Crippen LogP contribution >= 0.6 is 11.6 Å². The zero-order valence-corrected chi connectivity index (χ0v) is 11.6. The Balaban J connectivity index is 1.79. The fourth-order valence-electron chi connectivity index (χ4n) is 2.14. The molecule has 2 atom stereocenters. The molecule has 2 unspecified atom stereocenters. The first-order chi connectivity index (χ1) is 9.22. The Kier molecular flexibility index (Phi) is 3.38. The number of rotatable bonds is 4. The predicted octanol–water partition coefficient (Wildman–Crippen LogP) is 3.86. The van der Waals surface area contributed by atoms with Gasteiger partial charge in [0.1, 0.15) is 11.0 Å². The smallest absolute Gasteiger partial charge is 0.163 e. The van der Waals surface area contributed by atoms with Crippen molar-refractivity contribution in [3.05, 3.63) is 41.6 Å². The molecule has 1 N–H and O–H groups in total. The van der Waals surface area contributed by atoms with E-state index in [-0.39, 0.29) is 0 Å². The summed E-state index contributed by atoms with van der Waals surface area (Å²) in [5.41, 5.74) is 0.979. The molecular formula is C15H16ClN3. The first-order valence-electron chi connectivity index (χ1n) is 6.56. The molecular weight excluding hydrogens is 258 g/mol. The van der Waals surface area contributed by atoms with E-state index in [1.54, 1.807) is 6.07 Å². The largest absolute Gasteiger partial charge is 0.370 e. The number of nitrogens with one attached hydrogen (secondary N) is 1. The van der Waals surface area contributed by atoms with Gasteiger partial charge >= 0.3 is 0 Å². The second-order valence-corrected chi connectivity index (χ2v) is 5.51. The molecule has 4 heteroatoms. The molecule has 1 aromatic carbocycles. The van der Waals surface area contributed by atoms with E-state index in [1.807, 2.05) is 30.3 Å². The minimum atomic E-state index is 0.472. The van der Waals surface area contributed by atoms with Crippen molar-refractivity contribution in [1.82, 2.24) is 9.97 Å². The van der Waals surface area contributed by atoms with E-state index in [9.17, 15) is 0 Å². The summed E-state index contributed by atoms with van der Waals surface area (Å²) < 4.78 is 0. The lowest BCUT2D eigenvalue weighted by molar-refractivity contribution is 0.784. The van der Waals surface area contributed by atoms with Gasteiger partial charge in [0.15, 0.2) is 5.82 Å². The molecule has 2 aromatic rings. The standard InChI is InChI=1S/C15H16ClN3/c1-10-7-12(10)9-17-14-8-13(16)18-15(19-14)11-5-3-2-4-6-11/h2-6,8,10,12H,7,9H2,1H3,(H,17,18,19). The minimum Gasteiger partial charge on any atom is -0.370 e. The van der Waals surface area contributed by atoms with Crippen molar-refractivity contribution >= 4 is 17.4 Å². The maximum atomic E-state index is 6.07. The van der Waals surface area contributed by atoms with Crippen molar-refractivity contribution < 1.29 is 0 Å². The average molecular weight is 274 g/mol. The summed E-state index contributed by atoms with van der Waals surface area (Å²) >= 11 is 6.07. The first-order valence-corrected chi connectivity index (χ1v) is 6.94. The maximum absolute atomic E-state index is 6.07. The van der Waals surface area contributed by atoms with E-state index < -0.39 is 0 Å². The zero-order chi connectivity index (χ0) is 13.2. The number of halogens is 1. The molecule has 3 rings (SSSR count). The SMILES string of the molecule is CC1CC1CNc1cc(Cl)nc(-c2ccccc2)n1. The highest BCUT2D eigenvalue weighted by Gasteiger charge is 2.31. The van der Waals surface area contributed by atoms with Gasteiger partial charge in [-0.15, -0.1) is 0 Å². The summed E-state index contributed by atoms with van der Waals surface area (Å²) in [7, 11) is 0. The molecule has 1 fully saturated rings. The first kappa shape index (κ1) is 12.4.